The fourth-order valence-corrected chi connectivity index (χ4v) is 4.93. The summed E-state index contributed by atoms with van der Waals surface area (Å²) in [5.74, 6) is -1.80. The maximum absolute atomic E-state index is 12.8. The number of nitriles is 1. The highest BCUT2D eigenvalue weighted by Crippen LogP contribution is 2.25. The smallest absolute Gasteiger partial charge is 0.313 e. The fraction of sp³-hybridized carbons (Fsp3) is 0.250. The van der Waals surface area contributed by atoms with Crippen LogP contribution in [0.25, 0.3) is 0 Å². The molecule has 1 aliphatic heterocycles. The summed E-state index contributed by atoms with van der Waals surface area (Å²) < 4.78 is 27.0. The van der Waals surface area contributed by atoms with Crippen molar-refractivity contribution in [2.45, 2.75) is 23.8 Å². The molecule has 1 heterocycles. The SMILES string of the molecule is N#Cc1ccccc1NC(=O)C(=O)NC[C@H]1CCCN1S(=O)(=O)c1ccccc1. The normalized spacial score (nSPS) is 16.7. The third-order valence-corrected chi connectivity index (χ3v) is 6.64. The summed E-state index contributed by atoms with van der Waals surface area (Å²) in [6.45, 7) is 0.387. The minimum Gasteiger partial charge on any atom is -0.346 e. The van der Waals surface area contributed by atoms with Gasteiger partial charge >= 0.3 is 11.8 Å². The molecule has 2 aromatic carbocycles. The molecule has 2 amide bonds. The Labute approximate surface area is 169 Å². The van der Waals surface area contributed by atoms with Crippen LogP contribution in [-0.2, 0) is 19.6 Å². The topological polar surface area (TPSA) is 119 Å². The Morgan fingerprint density at radius 2 is 1.76 bits per heavy atom. The van der Waals surface area contributed by atoms with Gasteiger partial charge < -0.3 is 10.6 Å². The molecule has 8 nitrogen and oxygen atoms in total. The number of carbonyl (C=O) groups excluding carboxylic acids is 2. The van der Waals surface area contributed by atoms with E-state index < -0.39 is 27.9 Å². The van der Waals surface area contributed by atoms with Crippen molar-refractivity contribution in [2.75, 3.05) is 18.4 Å². The summed E-state index contributed by atoms with van der Waals surface area (Å²) in [5.41, 5.74) is 0.480. The summed E-state index contributed by atoms with van der Waals surface area (Å²) >= 11 is 0. The predicted molar refractivity (Wildman–Crippen MR) is 106 cm³/mol. The van der Waals surface area contributed by atoms with E-state index in [2.05, 4.69) is 10.6 Å². The monoisotopic (exact) mass is 412 g/mol. The first kappa shape index (κ1) is 20.5. The molecule has 150 valence electrons. The fourth-order valence-electron chi connectivity index (χ4n) is 3.22. The van der Waals surface area contributed by atoms with E-state index in [4.69, 9.17) is 5.26 Å². The zero-order chi connectivity index (χ0) is 20.9. The van der Waals surface area contributed by atoms with Crippen LogP contribution in [0, 0.1) is 11.3 Å². The molecular weight excluding hydrogens is 392 g/mol. The number of benzene rings is 2. The average Bonchev–Trinajstić information content (AvgIpc) is 3.22. The van der Waals surface area contributed by atoms with Gasteiger partial charge in [0.25, 0.3) is 0 Å². The molecule has 0 spiro atoms. The average molecular weight is 412 g/mol. The van der Waals surface area contributed by atoms with Crippen LogP contribution in [0.5, 0.6) is 0 Å². The second kappa shape index (κ2) is 8.86. The van der Waals surface area contributed by atoms with Gasteiger partial charge in [-0.15, -0.1) is 0 Å². The molecular formula is C20H20N4O4S. The second-order valence-electron chi connectivity index (χ2n) is 6.55. The highest BCUT2D eigenvalue weighted by molar-refractivity contribution is 7.89. The standard InChI is InChI=1S/C20H20N4O4S/c21-13-15-7-4-5-11-18(15)23-20(26)19(25)22-14-16-8-6-12-24(16)29(27,28)17-9-2-1-3-10-17/h1-5,7,9-11,16H,6,8,12,14H2,(H,22,25)(H,23,26)/t16-/m1/s1. The van der Waals surface area contributed by atoms with E-state index in [1.165, 1.54) is 28.6 Å². The van der Waals surface area contributed by atoms with Crippen molar-refractivity contribution in [3.63, 3.8) is 0 Å². The molecule has 9 heteroatoms. The maximum atomic E-state index is 12.8. The first-order valence-electron chi connectivity index (χ1n) is 9.08. The molecule has 1 fully saturated rings. The molecule has 1 saturated heterocycles. The van der Waals surface area contributed by atoms with Crippen molar-refractivity contribution < 1.29 is 18.0 Å². The van der Waals surface area contributed by atoms with Crippen LogP contribution in [0.15, 0.2) is 59.5 Å². The van der Waals surface area contributed by atoms with Gasteiger partial charge in [0.1, 0.15) is 6.07 Å². The van der Waals surface area contributed by atoms with Gasteiger partial charge in [0.2, 0.25) is 10.0 Å². The second-order valence-corrected chi connectivity index (χ2v) is 8.44. The summed E-state index contributed by atoms with van der Waals surface area (Å²) in [5, 5.41) is 13.9. The molecule has 2 N–H and O–H groups in total. The highest BCUT2D eigenvalue weighted by Gasteiger charge is 2.35. The number of rotatable bonds is 5. The zero-order valence-electron chi connectivity index (χ0n) is 15.5. The van der Waals surface area contributed by atoms with Crippen molar-refractivity contribution in [3.8, 4) is 6.07 Å². The van der Waals surface area contributed by atoms with Gasteiger partial charge in [-0.1, -0.05) is 30.3 Å². The van der Waals surface area contributed by atoms with Crippen LogP contribution in [0.3, 0.4) is 0 Å². The van der Waals surface area contributed by atoms with E-state index in [1.54, 1.807) is 30.3 Å². The lowest BCUT2D eigenvalue weighted by atomic mass is 10.2. The number of carbonyl (C=O) groups is 2. The highest BCUT2D eigenvalue weighted by atomic mass is 32.2. The first-order valence-corrected chi connectivity index (χ1v) is 10.5. The van der Waals surface area contributed by atoms with Crippen LogP contribution in [0.2, 0.25) is 0 Å². The summed E-state index contributed by atoms with van der Waals surface area (Å²) in [6.07, 6.45) is 1.26. The van der Waals surface area contributed by atoms with Crippen molar-refractivity contribution in [2.24, 2.45) is 0 Å². The molecule has 0 aliphatic carbocycles. The molecule has 0 unspecified atom stereocenters. The predicted octanol–water partition coefficient (Wildman–Crippen LogP) is 1.47. The summed E-state index contributed by atoms with van der Waals surface area (Å²) in [6, 6.07) is 16.0. The number of hydrogen-bond donors (Lipinski definition) is 2. The van der Waals surface area contributed by atoms with Gasteiger partial charge in [0.15, 0.2) is 0 Å². The molecule has 1 atom stereocenters. The van der Waals surface area contributed by atoms with Crippen LogP contribution in [-0.4, -0.2) is 43.7 Å². The Kier molecular flexibility index (Phi) is 6.26. The molecule has 0 radical (unpaired) electrons. The lowest BCUT2D eigenvalue weighted by molar-refractivity contribution is -0.136. The van der Waals surface area contributed by atoms with E-state index in [-0.39, 0.29) is 22.7 Å². The molecule has 1 aliphatic rings. The minimum absolute atomic E-state index is 0.0260. The van der Waals surface area contributed by atoms with Crippen molar-refractivity contribution >= 4 is 27.5 Å². The molecule has 0 saturated carbocycles. The largest absolute Gasteiger partial charge is 0.346 e. The Morgan fingerprint density at radius 3 is 2.48 bits per heavy atom. The van der Waals surface area contributed by atoms with Gasteiger partial charge in [0, 0.05) is 19.1 Å². The Bertz CT molecular complexity index is 1050. The first-order chi connectivity index (χ1) is 13.9. The van der Waals surface area contributed by atoms with E-state index in [0.29, 0.717) is 19.4 Å². The molecule has 0 aromatic heterocycles. The Balaban J connectivity index is 1.62. The number of sulfonamides is 1. The number of nitrogens with zero attached hydrogens (tertiary/aromatic N) is 2. The molecule has 2 aromatic rings. The van der Waals surface area contributed by atoms with Crippen LogP contribution in [0.1, 0.15) is 18.4 Å². The van der Waals surface area contributed by atoms with Gasteiger partial charge in [-0.2, -0.15) is 9.57 Å². The van der Waals surface area contributed by atoms with Crippen molar-refractivity contribution in [3.05, 3.63) is 60.2 Å². The van der Waals surface area contributed by atoms with Crippen LogP contribution in [0.4, 0.5) is 5.69 Å². The number of hydrogen-bond acceptors (Lipinski definition) is 5. The van der Waals surface area contributed by atoms with Crippen molar-refractivity contribution in [1.29, 1.82) is 5.26 Å². The van der Waals surface area contributed by atoms with Gasteiger partial charge in [-0.05, 0) is 37.1 Å². The third-order valence-electron chi connectivity index (χ3n) is 4.67. The van der Waals surface area contributed by atoms with E-state index >= 15 is 0 Å². The minimum atomic E-state index is -3.67. The number of nitrogens with one attached hydrogen (secondary N) is 2. The number of anilines is 1. The molecule has 3 rings (SSSR count). The van der Waals surface area contributed by atoms with Gasteiger partial charge in [-0.3, -0.25) is 9.59 Å². The lowest BCUT2D eigenvalue weighted by Crippen LogP contribution is -2.45. The number of para-hydroxylation sites is 1. The lowest BCUT2D eigenvalue weighted by Gasteiger charge is -2.24. The van der Waals surface area contributed by atoms with Gasteiger partial charge in [-0.25, -0.2) is 8.42 Å². The van der Waals surface area contributed by atoms with Crippen LogP contribution >= 0.6 is 0 Å². The molecule has 0 bridgehead atoms. The maximum Gasteiger partial charge on any atom is 0.313 e. The Morgan fingerprint density at radius 1 is 1.07 bits per heavy atom. The summed E-state index contributed by atoms with van der Waals surface area (Å²) in [7, 11) is -3.67. The van der Waals surface area contributed by atoms with E-state index in [0.717, 1.165) is 0 Å². The van der Waals surface area contributed by atoms with Crippen LogP contribution < -0.4 is 10.6 Å². The summed E-state index contributed by atoms with van der Waals surface area (Å²) in [4.78, 5) is 24.5. The quantitative estimate of drug-likeness (QED) is 0.721. The third kappa shape index (κ3) is 4.62. The van der Waals surface area contributed by atoms with E-state index in [9.17, 15) is 18.0 Å². The zero-order valence-corrected chi connectivity index (χ0v) is 16.4. The number of amides is 2. The van der Waals surface area contributed by atoms with Crippen molar-refractivity contribution in [1.82, 2.24) is 9.62 Å². The van der Waals surface area contributed by atoms with Gasteiger partial charge in [0.05, 0.1) is 16.1 Å². The Hall–Kier alpha value is -3.22. The molecule has 29 heavy (non-hydrogen) atoms. The van der Waals surface area contributed by atoms with E-state index in [1.807, 2.05) is 6.07 Å².